The standard InChI is InChI=1S/C15H14N4O2S2/c1-3-21-12-6-4-10(5-7-12)8-11(9-16)13(20)17-14-18-19-15(22-2)23-14/h4-8H,3H2,1-2H3,(H,17,18,20)/b11-8+. The lowest BCUT2D eigenvalue weighted by Gasteiger charge is -2.03. The molecule has 6 nitrogen and oxygen atoms in total. The van der Waals surface area contributed by atoms with Crippen molar-refractivity contribution in [2.45, 2.75) is 11.3 Å². The van der Waals surface area contributed by atoms with Gasteiger partial charge in [0.15, 0.2) is 4.34 Å². The SMILES string of the molecule is CCOc1ccc(/C=C(\C#N)C(=O)Nc2nnc(SC)s2)cc1. The Morgan fingerprint density at radius 3 is 2.74 bits per heavy atom. The first-order valence-electron chi connectivity index (χ1n) is 6.69. The first-order valence-corrected chi connectivity index (χ1v) is 8.74. The minimum absolute atomic E-state index is 0.00457. The molecule has 0 aliphatic rings. The van der Waals surface area contributed by atoms with Crippen LogP contribution >= 0.6 is 23.1 Å². The predicted molar refractivity (Wildman–Crippen MR) is 91.5 cm³/mol. The molecule has 0 radical (unpaired) electrons. The highest BCUT2D eigenvalue weighted by molar-refractivity contribution is 8.00. The second kappa shape index (κ2) is 8.31. The molecule has 0 aliphatic carbocycles. The molecule has 0 unspecified atom stereocenters. The first kappa shape index (κ1) is 17.0. The molecule has 8 heteroatoms. The van der Waals surface area contributed by atoms with Gasteiger partial charge in [-0.3, -0.25) is 10.1 Å². The van der Waals surface area contributed by atoms with Crippen molar-refractivity contribution in [1.82, 2.24) is 10.2 Å². The Balaban J connectivity index is 2.11. The molecular formula is C15H14N4O2S2. The highest BCUT2D eigenvalue weighted by Gasteiger charge is 2.12. The normalized spacial score (nSPS) is 10.9. The number of thioether (sulfide) groups is 1. The molecule has 1 aromatic heterocycles. The van der Waals surface area contributed by atoms with Gasteiger partial charge in [-0.2, -0.15) is 5.26 Å². The van der Waals surface area contributed by atoms with Crippen LogP contribution in [0.5, 0.6) is 5.75 Å². The molecule has 0 fully saturated rings. The third kappa shape index (κ3) is 4.81. The number of nitrogens with one attached hydrogen (secondary N) is 1. The van der Waals surface area contributed by atoms with Crippen molar-refractivity contribution in [2.75, 3.05) is 18.2 Å². The van der Waals surface area contributed by atoms with Crippen LogP contribution in [0.4, 0.5) is 5.13 Å². The van der Waals surface area contributed by atoms with E-state index in [9.17, 15) is 10.1 Å². The average molecular weight is 346 g/mol. The molecule has 2 aromatic rings. The summed E-state index contributed by atoms with van der Waals surface area (Å²) in [7, 11) is 0. The molecule has 0 spiro atoms. The number of anilines is 1. The smallest absolute Gasteiger partial charge is 0.268 e. The minimum Gasteiger partial charge on any atom is -0.494 e. The summed E-state index contributed by atoms with van der Waals surface area (Å²) < 4.78 is 6.10. The number of nitriles is 1. The molecule has 1 aromatic carbocycles. The van der Waals surface area contributed by atoms with Crippen molar-refractivity contribution >= 4 is 40.2 Å². The Morgan fingerprint density at radius 1 is 1.43 bits per heavy atom. The summed E-state index contributed by atoms with van der Waals surface area (Å²) in [6.45, 7) is 2.49. The van der Waals surface area contributed by atoms with Gasteiger partial charge in [0.25, 0.3) is 5.91 Å². The third-order valence-electron chi connectivity index (χ3n) is 2.67. The Hall–Kier alpha value is -2.37. The van der Waals surface area contributed by atoms with E-state index in [1.807, 2.05) is 19.2 Å². The molecule has 1 heterocycles. The summed E-state index contributed by atoms with van der Waals surface area (Å²) in [4.78, 5) is 12.1. The molecule has 0 bridgehead atoms. The van der Waals surface area contributed by atoms with Crippen molar-refractivity contribution in [3.63, 3.8) is 0 Å². The van der Waals surface area contributed by atoms with E-state index in [2.05, 4.69) is 15.5 Å². The molecule has 118 valence electrons. The van der Waals surface area contributed by atoms with E-state index in [0.717, 1.165) is 15.7 Å². The number of hydrogen-bond acceptors (Lipinski definition) is 7. The monoisotopic (exact) mass is 346 g/mol. The average Bonchev–Trinajstić information content (AvgIpc) is 3.02. The summed E-state index contributed by atoms with van der Waals surface area (Å²) in [5.41, 5.74) is 0.734. The van der Waals surface area contributed by atoms with Gasteiger partial charge in [0, 0.05) is 0 Å². The maximum absolute atomic E-state index is 12.1. The second-order valence-electron chi connectivity index (χ2n) is 4.20. The zero-order valence-corrected chi connectivity index (χ0v) is 14.2. The van der Waals surface area contributed by atoms with E-state index in [-0.39, 0.29) is 5.57 Å². The predicted octanol–water partition coefficient (Wildman–Crippen LogP) is 3.20. The summed E-state index contributed by atoms with van der Waals surface area (Å²) in [5.74, 6) is 0.233. The van der Waals surface area contributed by atoms with Crippen LogP contribution in [0.25, 0.3) is 6.08 Å². The lowest BCUT2D eigenvalue weighted by Crippen LogP contribution is -2.13. The molecule has 23 heavy (non-hydrogen) atoms. The van der Waals surface area contributed by atoms with Gasteiger partial charge in [0.05, 0.1) is 6.61 Å². The van der Waals surface area contributed by atoms with Crippen molar-refractivity contribution < 1.29 is 9.53 Å². The molecular weight excluding hydrogens is 332 g/mol. The number of ether oxygens (including phenoxy) is 1. The topological polar surface area (TPSA) is 87.9 Å². The second-order valence-corrected chi connectivity index (χ2v) is 6.23. The Kier molecular flexibility index (Phi) is 6.14. The summed E-state index contributed by atoms with van der Waals surface area (Å²) in [6, 6.07) is 9.05. The lowest BCUT2D eigenvalue weighted by atomic mass is 10.1. The van der Waals surface area contributed by atoms with Gasteiger partial charge >= 0.3 is 0 Å². The van der Waals surface area contributed by atoms with Crippen LogP contribution < -0.4 is 10.1 Å². The van der Waals surface area contributed by atoms with Gasteiger partial charge in [0.2, 0.25) is 5.13 Å². The van der Waals surface area contributed by atoms with E-state index >= 15 is 0 Å². The number of aromatic nitrogens is 2. The van der Waals surface area contributed by atoms with Crippen molar-refractivity contribution in [3.05, 3.63) is 35.4 Å². The van der Waals surface area contributed by atoms with E-state index in [1.165, 1.54) is 29.2 Å². The van der Waals surface area contributed by atoms with Crippen LogP contribution in [-0.2, 0) is 4.79 Å². The quantitative estimate of drug-likeness (QED) is 0.374. The van der Waals surface area contributed by atoms with E-state index in [4.69, 9.17) is 4.74 Å². The molecule has 0 atom stereocenters. The molecule has 0 aliphatic heterocycles. The number of nitrogens with zero attached hydrogens (tertiary/aromatic N) is 3. The Labute approximate surface area is 142 Å². The lowest BCUT2D eigenvalue weighted by molar-refractivity contribution is -0.112. The van der Waals surface area contributed by atoms with Gasteiger partial charge in [-0.25, -0.2) is 0 Å². The fourth-order valence-corrected chi connectivity index (χ4v) is 2.81. The van der Waals surface area contributed by atoms with Gasteiger partial charge in [0.1, 0.15) is 17.4 Å². The molecule has 1 amide bonds. The van der Waals surface area contributed by atoms with Crippen LogP contribution in [0.1, 0.15) is 12.5 Å². The number of benzene rings is 1. The fraction of sp³-hybridized carbons (Fsp3) is 0.200. The van der Waals surface area contributed by atoms with Gasteiger partial charge in [-0.05, 0) is 37.0 Å². The van der Waals surface area contributed by atoms with Crippen LogP contribution in [0.15, 0.2) is 34.2 Å². The van der Waals surface area contributed by atoms with E-state index < -0.39 is 5.91 Å². The highest BCUT2D eigenvalue weighted by atomic mass is 32.2. The Morgan fingerprint density at radius 2 is 2.17 bits per heavy atom. The first-order chi connectivity index (χ1) is 11.2. The number of amides is 1. The zero-order valence-electron chi connectivity index (χ0n) is 12.6. The van der Waals surface area contributed by atoms with Crippen molar-refractivity contribution in [1.29, 1.82) is 5.26 Å². The van der Waals surface area contributed by atoms with Crippen LogP contribution in [0.3, 0.4) is 0 Å². The molecule has 0 saturated heterocycles. The highest BCUT2D eigenvalue weighted by Crippen LogP contribution is 2.23. The maximum Gasteiger partial charge on any atom is 0.268 e. The maximum atomic E-state index is 12.1. The van der Waals surface area contributed by atoms with Crippen molar-refractivity contribution in [3.8, 4) is 11.8 Å². The molecule has 0 saturated carbocycles. The van der Waals surface area contributed by atoms with Gasteiger partial charge in [-0.1, -0.05) is 35.2 Å². The van der Waals surface area contributed by atoms with E-state index in [0.29, 0.717) is 11.7 Å². The Bertz CT molecular complexity index is 748. The summed E-state index contributed by atoms with van der Waals surface area (Å²) >= 11 is 2.70. The summed E-state index contributed by atoms with van der Waals surface area (Å²) in [5, 5.41) is 19.9. The number of carbonyl (C=O) groups is 1. The summed E-state index contributed by atoms with van der Waals surface area (Å²) in [6.07, 6.45) is 3.39. The van der Waals surface area contributed by atoms with Crippen molar-refractivity contribution in [2.24, 2.45) is 0 Å². The number of rotatable bonds is 6. The van der Waals surface area contributed by atoms with Gasteiger partial charge < -0.3 is 4.74 Å². The number of carbonyl (C=O) groups excluding carboxylic acids is 1. The molecule has 2 rings (SSSR count). The van der Waals surface area contributed by atoms with Crippen LogP contribution in [0.2, 0.25) is 0 Å². The van der Waals surface area contributed by atoms with E-state index in [1.54, 1.807) is 24.3 Å². The fourth-order valence-electron chi connectivity index (χ4n) is 1.65. The number of hydrogen-bond donors (Lipinski definition) is 1. The zero-order chi connectivity index (χ0) is 16.7. The minimum atomic E-state index is -0.509. The van der Waals surface area contributed by atoms with Gasteiger partial charge in [-0.15, -0.1) is 10.2 Å². The largest absolute Gasteiger partial charge is 0.494 e. The van der Waals surface area contributed by atoms with Crippen LogP contribution in [-0.4, -0.2) is 29.0 Å². The molecule has 1 N–H and O–H groups in total. The third-order valence-corrected chi connectivity index (χ3v) is 4.48. The van der Waals surface area contributed by atoms with Crippen LogP contribution in [0, 0.1) is 11.3 Å².